The fourth-order valence-corrected chi connectivity index (χ4v) is 3.15. The van der Waals surface area contributed by atoms with Crippen LogP contribution in [-0.4, -0.2) is 28.2 Å². The molecule has 0 bridgehead atoms. The van der Waals surface area contributed by atoms with Gasteiger partial charge in [0.05, 0.1) is 6.54 Å². The van der Waals surface area contributed by atoms with Crippen LogP contribution in [0.25, 0.3) is 0 Å². The molecule has 90 valence electrons. The van der Waals surface area contributed by atoms with Crippen molar-refractivity contribution in [1.82, 2.24) is 15.1 Å². The van der Waals surface area contributed by atoms with Crippen LogP contribution in [-0.2, 0) is 6.54 Å². The highest BCUT2D eigenvalue weighted by Crippen LogP contribution is 2.27. The molecule has 4 nitrogen and oxygen atoms in total. The fourth-order valence-electron chi connectivity index (χ4n) is 2.48. The van der Waals surface area contributed by atoms with Gasteiger partial charge in [0.25, 0.3) is 0 Å². The van der Waals surface area contributed by atoms with Gasteiger partial charge in [0, 0.05) is 6.04 Å². The first-order chi connectivity index (χ1) is 7.65. The number of anilines is 1. The maximum Gasteiger partial charge on any atom is 0.203 e. The Hall–Kier alpha value is -0.680. The summed E-state index contributed by atoms with van der Waals surface area (Å²) < 4.78 is 0. The van der Waals surface area contributed by atoms with Crippen molar-refractivity contribution in [3.05, 3.63) is 5.01 Å². The average Bonchev–Trinajstić information content (AvgIpc) is 2.64. The SMILES string of the molecule is CC1CCCC(N(C)Cc2nnc(N)s2)C1. The number of aromatic nitrogens is 2. The zero-order chi connectivity index (χ0) is 11.5. The predicted molar refractivity (Wildman–Crippen MR) is 67.2 cm³/mol. The Kier molecular flexibility index (Phi) is 3.76. The van der Waals surface area contributed by atoms with Crippen LogP contribution >= 0.6 is 11.3 Å². The Morgan fingerprint density at radius 1 is 1.44 bits per heavy atom. The molecule has 2 N–H and O–H groups in total. The summed E-state index contributed by atoms with van der Waals surface area (Å²) in [5, 5.41) is 9.52. The molecule has 2 unspecified atom stereocenters. The maximum atomic E-state index is 5.58. The molecule has 0 spiro atoms. The van der Waals surface area contributed by atoms with Crippen LogP contribution in [0.15, 0.2) is 0 Å². The molecule has 16 heavy (non-hydrogen) atoms. The third-order valence-electron chi connectivity index (χ3n) is 3.40. The summed E-state index contributed by atoms with van der Waals surface area (Å²) in [4.78, 5) is 2.40. The summed E-state index contributed by atoms with van der Waals surface area (Å²) in [6.45, 7) is 3.23. The zero-order valence-electron chi connectivity index (χ0n) is 10.0. The molecule has 1 aliphatic carbocycles. The maximum absolute atomic E-state index is 5.58. The van der Waals surface area contributed by atoms with Crippen molar-refractivity contribution in [1.29, 1.82) is 0 Å². The van der Waals surface area contributed by atoms with Gasteiger partial charge in [-0.15, -0.1) is 10.2 Å². The minimum atomic E-state index is 0.570. The van der Waals surface area contributed by atoms with Crippen molar-refractivity contribution in [2.24, 2.45) is 5.92 Å². The van der Waals surface area contributed by atoms with Gasteiger partial charge in [-0.2, -0.15) is 0 Å². The van der Waals surface area contributed by atoms with E-state index in [0.29, 0.717) is 11.2 Å². The normalized spacial score (nSPS) is 26.2. The molecular weight excluding hydrogens is 220 g/mol. The summed E-state index contributed by atoms with van der Waals surface area (Å²) in [6.07, 6.45) is 5.37. The van der Waals surface area contributed by atoms with E-state index in [1.54, 1.807) is 0 Å². The average molecular weight is 240 g/mol. The van der Waals surface area contributed by atoms with Gasteiger partial charge < -0.3 is 5.73 Å². The van der Waals surface area contributed by atoms with E-state index in [1.165, 1.54) is 37.0 Å². The number of nitrogens with zero attached hydrogens (tertiary/aromatic N) is 3. The van der Waals surface area contributed by atoms with Crippen LogP contribution in [0.3, 0.4) is 0 Å². The summed E-state index contributed by atoms with van der Waals surface area (Å²) >= 11 is 1.49. The van der Waals surface area contributed by atoms with Crippen LogP contribution < -0.4 is 5.73 Å². The summed E-state index contributed by atoms with van der Waals surface area (Å²) in [7, 11) is 2.18. The number of hydrogen-bond donors (Lipinski definition) is 1. The summed E-state index contributed by atoms with van der Waals surface area (Å²) in [5.41, 5.74) is 5.58. The first-order valence-electron chi connectivity index (χ1n) is 5.93. The zero-order valence-corrected chi connectivity index (χ0v) is 10.8. The molecule has 5 heteroatoms. The Morgan fingerprint density at radius 3 is 2.88 bits per heavy atom. The highest BCUT2D eigenvalue weighted by molar-refractivity contribution is 7.15. The van der Waals surface area contributed by atoms with Crippen molar-refractivity contribution >= 4 is 16.5 Å². The second kappa shape index (κ2) is 5.10. The van der Waals surface area contributed by atoms with Gasteiger partial charge in [0.2, 0.25) is 5.13 Å². The second-order valence-electron chi connectivity index (χ2n) is 4.87. The molecule has 1 saturated carbocycles. The quantitative estimate of drug-likeness (QED) is 0.879. The first kappa shape index (κ1) is 11.8. The topological polar surface area (TPSA) is 55.0 Å². The standard InChI is InChI=1S/C11H20N4S/c1-8-4-3-5-9(6-8)15(2)7-10-13-14-11(12)16-10/h8-9H,3-7H2,1-2H3,(H2,12,14). The molecule has 1 heterocycles. The number of rotatable bonds is 3. The molecule has 2 rings (SSSR count). The minimum absolute atomic E-state index is 0.570. The fraction of sp³-hybridized carbons (Fsp3) is 0.818. The lowest BCUT2D eigenvalue weighted by Crippen LogP contribution is -2.35. The van der Waals surface area contributed by atoms with Gasteiger partial charge in [-0.3, -0.25) is 4.90 Å². The molecule has 0 saturated heterocycles. The van der Waals surface area contributed by atoms with E-state index in [-0.39, 0.29) is 0 Å². The highest BCUT2D eigenvalue weighted by Gasteiger charge is 2.22. The van der Waals surface area contributed by atoms with E-state index < -0.39 is 0 Å². The largest absolute Gasteiger partial charge is 0.374 e. The Balaban J connectivity index is 1.89. The highest BCUT2D eigenvalue weighted by atomic mass is 32.1. The molecule has 1 aromatic rings. The van der Waals surface area contributed by atoms with Crippen LogP contribution in [0.2, 0.25) is 0 Å². The molecule has 0 amide bonds. The van der Waals surface area contributed by atoms with Crippen LogP contribution in [0.1, 0.15) is 37.6 Å². The van der Waals surface area contributed by atoms with E-state index >= 15 is 0 Å². The summed E-state index contributed by atoms with van der Waals surface area (Å²) in [6, 6.07) is 0.703. The molecule has 0 aromatic carbocycles. The lowest BCUT2D eigenvalue weighted by molar-refractivity contribution is 0.157. The van der Waals surface area contributed by atoms with E-state index in [1.807, 2.05) is 0 Å². The number of nitrogen functional groups attached to an aromatic ring is 1. The molecule has 2 atom stereocenters. The molecule has 0 radical (unpaired) electrons. The van der Waals surface area contributed by atoms with Gasteiger partial charge >= 0.3 is 0 Å². The van der Waals surface area contributed by atoms with Gasteiger partial charge in [-0.05, 0) is 25.8 Å². The summed E-state index contributed by atoms with van der Waals surface area (Å²) in [5.74, 6) is 0.862. The Bertz CT molecular complexity index is 338. The van der Waals surface area contributed by atoms with Crippen molar-refractivity contribution in [3.63, 3.8) is 0 Å². The van der Waals surface area contributed by atoms with Crippen molar-refractivity contribution in [3.8, 4) is 0 Å². The third kappa shape index (κ3) is 2.92. The van der Waals surface area contributed by atoms with Gasteiger partial charge in [0.15, 0.2) is 0 Å². The Labute approximate surface area is 101 Å². The van der Waals surface area contributed by atoms with Crippen molar-refractivity contribution in [2.45, 2.75) is 45.2 Å². The van der Waals surface area contributed by atoms with E-state index in [0.717, 1.165) is 17.5 Å². The van der Waals surface area contributed by atoms with Crippen LogP contribution in [0.5, 0.6) is 0 Å². The van der Waals surface area contributed by atoms with Crippen molar-refractivity contribution < 1.29 is 0 Å². The van der Waals surface area contributed by atoms with E-state index in [9.17, 15) is 0 Å². The number of hydrogen-bond acceptors (Lipinski definition) is 5. The second-order valence-corrected chi connectivity index (χ2v) is 5.97. The van der Waals surface area contributed by atoms with Crippen molar-refractivity contribution in [2.75, 3.05) is 12.8 Å². The smallest absolute Gasteiger partial charge is 0.203 e. The van der Waals surface area contributed by atoms with Gasteiger partial charge in [-0.1, -0.05) is 31.1 Å². The third-order valence-corrected chi connectivity index (χ3v) is 4.14. The van der Waals surface area contributed by atoms with Gasteiger partial charge in [-0.25, -0.2) is 0 Å². The molecule has 0 aliphatic heterocycles. The molecule has 1 fully saturated rings. The van der Waals surface area contributed by atoms with Crippen LogP contribution in [0, 0.1) is 5.92 Å². The van der Waals surface area contributed by atoms with Gasteiger partial charge in [0.1, 0.15) is 5.01 Å². The minimum Gasteiger partial charge on any atom is -0.374 e. The predicted octanol–water partition coefficient (Wildman–Crippen LogP) is 2.13. The number of nitrogens with two attached hydrogens (primary N) is 1. The first-order valence-corrected chi connectivity index (χ1v) is 6.75. The lowest BCUT2D eigenvalue weighted by atomic mass is 9.86. The van der Waals surface area contributed by atoms with Crippen LogP contribution in [0.4, 0.5) is 5.13 Å². The van der Waals surface area contributed by atoms with E-state index in [2.05, 4.69) is 29.1 Å². The Morgan fingerprint density at radius 2 is 2.25 bits per heavy atom. The molecular formula is C11H20N4S. The lowest BCUT2D eigenvalue weighted by Gasteiger charge is -2.33. The monoisotopic (exact) mass is 240 g/mol. The molecule has 1 aromatic heterocycles. The molecule has 1 aliphatic rings. The van der Waals surface area contributed by atoms with E-state index in [4.69, 9.17) is 5.73 Å².